The van der Waals surface area contributed by atoms with Crippen LogP contribution < -0.4 is 4.74 Å². The summed E-state index contributed by atoms with van der Waals surface area (Å²) in [5.74, 6) is 1.64. The molecule has 0 aliphatic carbocycles. The SMILES string of the molecule is CCc1noc(CN(C)C(=O)c2ccc(OCc3csc(C)n3)cc2)n1. The Bertz CT molecular complexity index is 873. The Morgan fingerprint density at radius 1 is 1.27 bits per heavy atom. The predicted octanol–water partition coefficient (Wildman–Crippen LogP) is 3.25. The minimum atomic E-state index is -0.122. The van der Waals surface area contributed by atoms with E-state index in [0.29, 0.717) is 36.1 Å². The lowest BCUT2D eigenvalue weighted by molar-refractivity contribution is 0.0769. The van der Waals surface area contributed by atoms with Crippen LogP contribution in [0.1, 0.15) is 39.7 Å². The number of aromatic nitrogens is 3. The van der Waals surface area contributed by atoms with Gasteiger partial charge >= 0.3 is 0 Å². The molecule has 0 aliphatic heterocycles. The van der Waals surface area contributed by atoms with Crippen LogP contribution in [0.2, 0.25) is 0 Å². The third-order valence-electron chi connectivity index (χ3n) is 3.70. The lowest BCUT2D eigenvalue weighted by Crippen LogP contribution is -2.26. The zero-order chi connectivity index (χ0) is 18.5. The molecule has 7 nitrogen and oxygen atoms in total. The molecule has 3 aromatic rings. The monoisotopic (exact) mass is 372 g/mol. The highest BCUT2D eigenvalue weighted by Gasteiger charge is 2.15. The van der Waals surface area contributed by atoms with Crippen molar-refractivity contribution in [1.29, 1.82) is 0 Å². The Balaban J connectivity index is 1.57. The lowest BCUT2D eigenvalue weighted by atomic mass is 10.2. The van der Waals surface area contributed by atoms with E-state index in [1.807, 2.05) is 19.2 Å². The Morgan fingerprint density at radius 2 is 2.04 bits per heavy atom. The number of rotatable bonds is 7. The molecule has 0 bridgehead atoms. The molecule has 3 rings (SSSR count). The summed E-state index contributed by atoms with van der Waals surface area (Å²) in [4.78, 5) is 22.6. The number of carbonyl (C=O) groups excluding carboxylic acids is 1. The fourth-order valence-electron chi connectivity index (χ4n) is 2.32. The highest BCUT2D eigenvalue weighted by molar-refractivity contribution is 7.09. The van der Waals surface area contributed by atoms with Crippen molar-refractivity contribution in [2.75, 3.05) is 7.05 Å². The van der Waals surface area contributed by atoms with Crippen molar-refractivity contribution in [3.8, 4) is 5.75 Å². The van der Waals surface area contributed by atoms with Gasteiger partial charge in [-0.1, -0.05) is 12.1 Å². The maximum absolute atomic E-state index is 12.5. The average Bonchev–Trinajstić information content (AvgIpc) is 3.28. The summed E-state index contributed by atoms with van der Waals surface area (Å²) in [6, 6.07) is 7.04. The first-order chi connectivity index (χ1) is 12.5. The molecule has 0 aliphatic rings. The summed E-state index contributed by atoms with van der Waals surface area (Å²) >= 11 is 1.59. The van der Waals surface area contributed by atoms with E-state index in [1.165, 1.54) is 0 Å². The highest BCUT2D eigenvalue weighted by Crippen LogP contribution is 2.17. The topological polar surface area (TPSA) is 81.4 Å². The number of hydrogen-bond acceptors (Lipinski definition) is 7. The molecular weight excluding hydrogens is 352 g/mol. The van der Waals surface area contributed by atoms with Gasteiger partial charge in [0, 0.05) is 24.4 Å². The highest BCUT2D eigenvalue weighted by atomic mass is 32.1. The van der Waals surface area contributed by atoms with Gasteiger partial charge in [-0.2, -0.15) is 4.98 Å². The number of nitrogens with zero attached hydrogens (tertiary/aromatic N) is 4. The van der Waals surface area contributed by atoms with E-state index < -0.39 is 0 Å². The summed E-state index contributed by atoms with van der Waals surface area (Å²) < 4.78 is 10.8. The normalized spacial score (nSPS) is 10.7. The fourth-order valence-corrected chi connectivity index (χ4v) is 2.92. The van der Waals surface area contributed by atoms with Gasteiger partial charge in [0.15, 0.2) is 5.82 Å². The minimum Gasteiger partial charge on any atom is -0.487 e. The fraction of sp³-hybridized carbons (Fsp3) is 0.333. The molecule has 26 heavy (non-hydrogen) atoms. The van der Waals surface area contributed by atoms with Crippen molar-refractivity contribution in [3.05, 3.63) is 57.6 Å². The number of amides is 1. The van der Waals surface area contributed by atoms with Crippen LogP contribution in [0.4, 0.5) is 0 Å². The van der Waals surface area contributed by atoms with Crippen LogP contribution in [0, 0.1) is 6.92 Å². The van der Waals surface area contributed by atoms with E-state index in [4.69, 9.17) is 9.26 Å². The third-order valence-corrected chi connectivity index (χ3v) is 4.52. The lowest BCUT2D eigenvalue weighted by Gasteiger charge is -2.15. The zero-order valence-corrected chi connectivity index (χ0v) is 15.7. The van der Waals surface area contributed by atoms with Crippen LogP contribution in [-0.4, -0.2) is 33.0 Å². The Hall–Kier alpha value is -2.74. The summed E-state index contributed by atoms with van der Waals surface area (Å²) in [7, 11) is 1.70. The Labute approximate surface area is 155 Å². The van der Waals surface area contributed by atoms with Crippen molar-refractivity contribution in [2.24, 2.45) is 0 Å². The second kappa shape index (κ2) is 8.09. The molecule has 0 saturated heterocycles. The maximum Gasteiger partial charge on any atom is 0.254 e. The van der Waals surface area contributed by atoms with Gasteiger partial charge in [0.2, 0.25) is 5.89 Å². The molecule has 2 heterocycles. The van der Waals surface area contributed by atoms with E-state index in [1.54, 1.807) is 47.5 Å². The summed E-state index contributed by atoms with van der Waals surface area (Å²) in [6.45, 7) is 4.59. The predicted molar refractivity (Wildman–Crippen MR) is 97.1 cm³/mol. The van der Waals surface area contributed by atoms with Crippen molar-refractivity contribution < 1.29 is 14.1 Å². The van der Waals surface area contributed by atoms with Crippen LogP contribution >= 0.6 is 11.3 Å². The number of hydrogen-bond donors (Lipinski definition) is 0. The van der Waals surface area contributed by atoms with E-state index >= 15 is 0 Å². The molecule has 1 aromatic carbocycles. The average molecular weight is 372 g/mol. The van der Waals surface area contributed by atoms with Crippen LogP contribution in [0.25, 0.3) is 0 Å². The minimum absolute atomic E-state index is 0.122. The number of thiazole rings is 1. The molecule has 0 N–H and O–H groups in total. The molecule has 0 saturated carbocycles. The van der Waals surface area contributed by atoms with Crippen LogP contribution in [0.3, 0.4) is 0 Å². The number of ether oxygens (including phenoxy) is 1. The van der Waals surface area contributed by atoms with E-state index in [-0.39, 0.29) is 12.5 Å². The molecule has 0 atom stereocenters. The van der Waals surface area contributed by atoms with E-state index in [9.17, 15) is 4.79 Å². The largest absolute Gasteiger partial charge is 0.487 e. The Kier molecular flexibility index (Phi) is 5.62. The van der Waals surface area contributed by atoms with Gasteiger partial charge in [0.1, 0.15) is 12.4 Å². The maximum atomic E-state index is 12.5. The van der Waals surface area contributed by atoms with E-state index in [0.717, 1.165) is 10.7 Å². The first kappa shape index (κ1) is 18.1. The summed E-state index contributed by atoms with van der Waals surface area (Å²) in [5, 5.41) is 6.82. The summed E-state index contributed by atoms with van der Waals surface area (Å²) in [6.07, 6.45) is 0.698. The van der Waals surface area contributed by atoms with Crippen molar-refractivity contribution in [3.63, 3.8) is 0 Å². The second-order valence-electron chi connectivity index (χ2n) is 5.79. The second-order valence-corrected chi connectivity index (χ2v) is 6.85. The number of aryl methyl sites for hydroxylation is 2. The van der Waals surface area contributed by atoms with Crippen LogP contribution in [0.15, 0.2) is 34.2 Å². The van der Waals surface area contributed by atoms with Gasteiger partial charge in [-0.3, -0.25) is 4.79 Å². The standard InChI is InChI=1S/C18H20N4O3S/c1-4-16-20-17(25-21-16)9-22(3)18(23)13-5-7-15(8-6-13)24-10-14-11-26-12(2)19-14/h5-8,11H,4,9-10H2,1-3H3. The molecule has 8 heteroatoms. The first-order valence-electron chi connectivity index (χ1n) is 8.26. The molecule has 0 spiro atoms. The molecule has 136 valence electrons. The first-order valence-corrected chi connectivity index (χ1v) is 9.14. The summed E-state index contributed by atoms with van der Waals surface area (Å²) in [5.41, 5.74) is 1.47. The van der Waals surface area contributed by atoms with E-state index in [2.05, 4.69) is 15.1 Å². The molecule has 0 radical (unpaired) electrons. The van der Waals surface area contributed by atoms with Gasteiger partial charge in [-0.25, -0.2) is 4.98 Å². The molecular formula is C18H20N4O3S. The molecule has 1 amide bonds. The van der Waals surface area contributed by atoms with Gasteiger partial charge in [0.05, 0.1) is 17.2 Å². The Morgan fingerprint density at radius 3 is 2.65 bits per heavy atom. The number of carbonyl (C=O) groups is 1. The van der Waals surface area contributed by atoms with Gasteiger partial charge in [0.25, 0.3) is 5.91 Å². The van der Waals surface area contributed by atoms with Gasteiger partial charge < -0.3 is 14.2 Å². The van der Waals surface area contributed by atoms with Gasteiger partial charge in [-0.05, 0) is 31.2 Å². The smallest absolute Gasteiger partial charge is 0.254 e. The molecule has 0 fully saturated rings. The van der Waals surface area contributed by atoms with Crippen LogP contribution in [-0.2, 0) is 19.6 Å². The molecule has 0 unspecified atom stereocenters. The third kappa shape index (κ3) is 4.45. The van der Waals surface area contributed by atoms with Gasteiger partial charge in [-0.15, -0.1) is 11.3 Å². The van der Waals surface area contributed by atoms with Crippen molar-refractivity contribution >= 4 is 17.2 Å². The zero-order valence-electron chi connectivity index (χ0n) is 14.9. The molecule has 2 aromatic heterocycles. The number of benzene rings is 1. The van der Waals surface area contributed by atoms with Crippen molar-refractivity contribution in [1.82, 2.24) is 20.0 Å². The van der Waals surface area contributed by atoms with Crippen LogP contribution in [0.5, 0.6) is 5.75 Å². The quantitative estimate of drug-likeness (QED) is 0.633. The van der Waals surface area contributed by atoms with Crippen molar-refractivity contribution in [2.45, 2.75) is 33.4 Å².